The first kappa shape index (κ1) is 78.5. The van der Waals surface area contributed by atoms with Gasteiger partial charge >= 0.3 is 17.9 Å². The minimum Gasteiger partial charge on any atom is -0.462 e. The molecule has 1 unspecified atom stereocenters. The number of carbonyl (C=O) groups is 3. The molecule has 0 bridgehead atoms. The summed E-state index contributed by atoms with van der Waals surface area (Å²) < 4.78 is 16.9. The van der Waals surface area contributed by atoms with Crippen LogP contribution in [0.15, 0.2) is 134 Å². The van der Waals surface area contributed by atoms with Gasteiger partial charge in [-0.3, -0.25) is 14.4 Å². The maximum absolute atomic E-state index is 12.9. The molecule has 0 aromatic carbocycles. The van der Waals surface area contributed by atoms with Gasteiger partial charge in [-0.1, -0.05) is 296 Å². The monoisotopic (exact) mass is 1150 g/mol. The molecule has 1 atom stereocenters. The van der Waals surface area contributed by atoms with E-state index in [4.69, 9.17) is 14.2 Å². The van der Waals surface area contributed by atoms with Crippen molar-refractivity contribution in [1.29, 1.82) is 0 Å². The fraction of sp³-hybridized carbons (Fsp3) is 0.675. The van der Waals surface area contributed by atoms with Gasteiger partial charge in [-0.25, -0.2) is 0 Å². The standard InChI is InChI=1S/C77H128O6/c1-4-7-10-13-16-19-22-25-28-31-33-35-36-37-38-39-40-42-43-46-49-52-55-58-61-64-67-70-76(79)82-73-74(72-81-75(78)69-66-63-60-57-54-51-48-45-30-27-24-21-18-15-12-9-6-3)83-77(80)71-68-65-62-59-56-53-50-47-44-41-34-32-29-26-23-20-17-14-11-8-5-2/h7-8,10-11,16-17,19-20,25-30,33-35,41,47,50,56,59,74H,4-6,9,12-15,18,21-24,31-32,36-40,42-46,48-49,51-55,57-58,60-73H2,1-3H3/b10-7-,11-8-,19-16-,20-17-,28-25-,29-26-,30-27-,35-33-,41-34-,50-47-,59-56-. The second-order valence-corrected chi connectivity index (χ2v) is 22.7. The smallest absolute Gasteiger partial charge is 0.306 e. The van der Waals surface area contributed by atoms with E-state index >= 15 is 0 Å². The highest BCUT2D eigenvalue weighted by molar-refractivity contribution is 5.71. The fourth-order valence-electron chi connectivity index (χ4n) is 9.49. The van der Waals surface area contributed by atoms with Crippen molar-refractivity contribution in [1.82, 2.24) is 0 Å². The predicted molar refractivity (Wildman–Crippen MR) is 362 cm³/mol. The molecular formula is C77H128O6. The lowest BCUT2D eigenvalue weighted by Crippen LogP contribution is -2.30. The second kappa shape index (κ2) is 70.0. The first-order valence-corrected chi connectivity index (χ1v) is 34.7. The van der Waals surface area contributed by atoms with Crippen LogP contribution >= 0.6 is 0 Å². The number of unbranched alkanes of at least 4 members (excludes halogenated alkanes) is 29. The molecule has 0 heterocycles. The molecule has 0 rings (SSSR count). The summed E-state index contributed by atoms with van der Waals surface area (Å²) in [6, 6.07) is 0. The zero-order valence-electron chi connectivity index (χ0n) is 54.2. The normalized spacial score (nSPS) is 13.0. The van der Waals surface area contributed by atoms with Gasteiger partial charge in [0, 0.05) is 19.3 Å². The highest BCUT2D eigenvalue weighted by Gasteiger charge is 2.19. The summed E-state index contributed by atoms with van der Waals surface area (Å²) in [5, 5.41) is 0. The molecule has 0 saturated carbocycles. The number of hydrogen-bond acceptors (Lipinski definition) is 6. The van der Waals surface area contributed by atoms with Crippen LogP contribution in [0.3, 0.4) is 0 Å². The third-order valence-corrected chi connectivity index (χ3v) is 14.6. The maximum atomic E-state index is 12.9. The molecule has 0 aliphatic rings. The van der Waals surface area contributed by atoms with Crippen molar-refractivity contribution < 1.29 is 28.6 Å². The van der Waals surface area contributed by atoms with Crippen LogP contribution in [0.1, 0.15) is 316 Å². The topological polar surface area (TPSA) is 78.9 Å². The highest BCUT2D eigenvalue weighted by atomic mass is 16.6. The van der Waals surface area contributed by atoms with Crippen molar-refractivity contribution in [2.24, 2.45) is 0 Å². The van der Waals surface area contributed by atoms with Gasteiger partial charge in [0.25, 0.3) is 0 Å². The van der Waals surface area contributed by atoms with Crippen LogP contribution in [-0.4, -0.2) is 37.2 Å². The summed E-state index contributed by atoms with van der Waals surface area (Å²) in [5.74, 6) is -0.940. The highest BCUT2D eigenvalue weighted by Crippen LogP contribution is 2.16. The average Bonchev–Trinajstić information content (AvgIpc) is 3.50. The number of allylic oxidation sites excluding steroid dienone is 22. The van der Waals surface area contributed by atoms with Gasteiger partial charge in [0.1, 0.15) is 13.2 Å². The van der Waals surface area contributed by atoms with E-state index in [-0.39, 0.29) is 37.5 Å². The van der Waals surface area contributed by atoms with E-state index in [9.17, 15) is 14.4 Å². The van der Waals surface area contributed by atoms with Gasteiger partial charge in [0.2, 0.25) is 0 Å². The zero-order chi connectivity index (χ0) is 59.9. The lowest BCUT2D eigenvalue weighted by atomic mass is 10.0. The molecular weight excluding hydrogens is 1020 g/mol. The van der Waals surface area contributed by atoms with E-state index in [1.807, 2.05) is 0 Å². The van der Waals surface area contributed by atoms with Crippen LogP contribution in [0, 0.1) is 0 Å². The average molecular weight is 1150 g/mol. The zero-order valence-corrected chi connectivity index (χ0v) is 54.2. The second-order valence-electron chi connectivity index (χ2n) is 22.7. The molecule has 0 fully saturated rings. The third-order valence-electron chi connectivity index (χ3n) is 14.6. The van der Waals surface area contributed by atoms with Crippen molar-refractivity contribution in [3.63, 3.8) is 0 Å². The molecule has 0 N–H and O–H groups in total. The number of carbonyl (C=O) groups excluding carboxylic acids is 3. The number of esters is 3. The quantitative estimate of drug-likeness (QED) is 0.0261. The predicted octanol–water partition coefficient (Wildman–Crippen LogP) is 24.1. The summed E-state index contributed by atoms with van der Waals surface area (Å²) in [5.41, 5.74) is 0. The van der Waals surface area contributed by atoms with Gasteiger partial charge in [-0.05, 0) is 135 Å². The van der Waals surface area contributed by atoms with Crippen LogP contribution < -0.4 is 0 Å². The molecule has 0 aliphatic heterocycles. The molecule has 0 aromatic rings. The van der Waals surface area contributed by atoms with E-state index in [0.717, 1.165) is 116 Å². The summed E-state index contributed by atoms with van der Waals surface area (Å²) in [4.78, 5) is 38.5. The van der Waals surface area contributed by atoms with Gasteiger partial charge in [-0.15, -0.1) is 0 Å². The molecule has 0 aromatic heterocycles. The van der Waals surface area contributed by atoms with Crippen LogP contribution in [0.25, 0.3) is 0 Å². The summed E-state index contributed by atoms with van der Waals surface area (Å²) in [7, 11) is 0. The first-order chi connectivity index (χ1) is 41.0. The first-order valence-electron chi connectivity index (χ1n) is 34.7. The number of rotatable bonds is 62. The van der Waals surface area contributed by atoms with Crippen LogP contribution in [-0.2, 0) is 28.6 Å². The fourth-order valence-corrected chi connectivity index (χ4v) is 9.49. The van der Waals surface area contributed by atoms with Gasteiger partial charge in [0.05, 0.1) is 0 Å². The minimum absolute atomic E-state index is 0.0992. The Morgan fingerprint density at radius 3 is 0.771 bits per heavy atom. The molecule has 6 nitrogen and oxygen atoms in total. The van der Waals surface area contributed by atoms with Crippen LogP contribution in [0.5, 0.6) is 0 Å². The Hall–Kier alpha value is -4.45. The third kappa shape index (κ3) is 68.2. The van der Waals surface area contributed by atoms with E-state index in [2.05, 4.69) is 154 Å². The molecule has 0 radical (unpaired) electrons. The Balaban J connectivity index is 4.41. The molecule has 6 heteroatoms. The molecule has 472 valence electrons. The van der Waals surface area contributed by atoms with Crippen molar-refractivity contribution in [3.05, 3.63) is 134 Å². The van der Waals surface area contributed by atoms with Gasteiger partial charge < -0.3 is 14.2 Å². The Labute approximate surface area is 513 Å². The van der Waals surface area contributed by atoms with Crippen LogP contribution in [0.2, 0.25) is 0 Å². The largest absolute Gasteiger partial charge is 0.462 e. The minimum atomic E-state index is -0.809. The number of hydrogen-bond donors (Lipinski definition) is 0. The lowest BCUT2D eigenvalue weighted by molar-refractivity contribution is -0.167. The lowest BCUT2D eigenvalue weighted by Gasteiger charge is -2.18. The van der Waals surface area contributed by atoms with Crippen LogP contribution in [0.4, 0.5) is 0 Å². The summed E-state index contributed by atoms with van der Waals surface area (Å²) >= 11 is 0. The molecule has 83 heavy (non-hydrogen) atoms. The Morgan fingerprint density at radius 1 is 0.253 bits per heavy atom. The molecule has 0 spiro atoms. The number of ether oxygens (including phenoxy) is 3. The van der Waals surface area contributed by atoms with Crippen molar-refractivity contribution in [2.75, 3.05) is 13.2 Å². The van der Waals surface area contributed by atoms with Crippen molar-refractivity contribution in [2.45, 2.75) is 322 Å². The molecule has 0 saturated heterocycles. The van der Waals surface area contributed by atoms with Gasteiger partial charge in [0.15, 0.2) is 6.10 Å². The molecule has 0 aliphatic carbocycles. The molecule has 0 amide bonds. The Morgan fingerprint density at radius 2 is 0.470 bits per heavy atom. The van der Waals surface area contributed by atoms with E-state index in [1.165, 1.54) is 154 Å². The Bertz CT molecular complexity index is 1750. The maximum Gasteiger partial charge on any atom is 0.306 e. The van der Waals surface area contributed by atoms with Crippen molar-refractivity contribution in [3.8, 4) is 0 Å². The van der Waals surface area contributed by atoms with Gasteiger partial charge in [-0.2, -0.15) is 0 Å². The van der Waals surface area contributed by atoms with E-state index in [0.29, 0.717) is 19.3 Å². The summed E-state index contributed by atoms with van der Waals surface area (Å²) in [6.45, 7) is 6.40. The van der Waals surface area contributed by atoms with Crippen molar-refractivity contribution >= 4 is 17.9 Å². The van der Waals surface area contributed by atoms with E-state index < -0.39 is 6.10 Å². The summed E-state index contributed by atoms with van der Waals surface area (Å²) in [6.07, 6.45) is 99.0. The Kier molecular flexibility index (Phi) is 66.3. The SMILES string of the molecule is CC/C=C\C/C=C\C/C=C\C/C=C\C/C=C\C/C=C\CCCCC(=O)OC(COC(=O)CCCCCCCCC/C=C\CCCCCCCC)COC(=O)CCCCCCCCCCCCCCCC/C=C\C/C=C\C/C=C\C/C=C\CC. The van der Waals surface area contributed by atoms with E-state index in [1.54, 1.807) is 0 Å².